The molecule has 1 aromatic carbocycles. The third kappa shape index (κ3) is 3.31. The highest BCUT2D eigenvalue weighted by molar-refractivity contribution is 7.84. The van der Waals surface area contributed by atoms with Gasteiger partial charge in [0.15, 0.2) is 0 Å². The van der Waals surface area contributed by atoms with Gasteiger partial charge in [0.05, 0.1) is 11.6 Å². The fourth-order valence-electron chi connectivity index (χ4n) is 1.22. The number of hydrogen-bond donors (Lipinski definition) is 0. The lowest BCUT2D eigenvalue weighted by molar-refractivity contribution is 0.681. The lowest BCUT2D eigenvalue weighted by Gasteiger charge is -2.00. The molecule has 74 valence electrons. The van der Waals surface area contributed by atoms with Gasteiger partial charge in [-0.2, -0.15) is 5.26 Å². The van der Waals surface area contributed by atoms with Gasteiger partial charge in [0.1, 0.15) is 0 Å². The molecule has 0 saturated carbocycles. The van der Waals surface area contributed by atoms with E-state index < -0.39 is 10.8 Å². The quantitative estimate of drug-likeness (QED) is 0.759. The van der Waals surface area contributed by atoms with Crippen molar-refractivity contribution in [3.05, 3.63) is 35.4 Å². The maximum Gasteiger partial charge on any atom is 0.0991 e. The Labute approximate surface area is 87.0 Å². The maximum absolute atomic E-state index is 11.4. The first-order chi connectivity index (χ1) is 6.76. The average Bonchev–Trinajstić information content (AvgIpc) is 2.18. The van der Waals surface area contributed by atoms with Crippen molar-refractivity contribution in [2.75, 3.05) is 5.75 Å². The molecule has 1 aromatic rings. The topological polar surface area (TPSA) is 40.9 Å². The molecule has 14 heavy (non-hydrogen) atoms. The first-order valence-corrected chi connectivity index (χ1v) is 6.09. The van der Waals surface area contributed by atoms with Crippen LogP contribution in [0.3, 0.4) is 0 Å². The molecule has 0 saturated heterocycles. The maximum atomic E-state index is 11.4. The van der Waals surface area contributed by atoms with E-state index in [-0.39, 0.29) is 0 Å². The molecule has 0 N–H and O–H groups in total. The predicted molar refractivity (Wildman–Crippen MR) is 58.2 cm³/mol. The minimum Gasteiger partial charge on any atom is -0.259 e. The smallest absolute Gasteiger partial charge is 0.0991 e. The van der Waals surface area contributed by atoms with Crippen molar-refractivity contribution in [1.82, 2.24) is 0 Å². The van der Waals surface area contributed by atoms with Crippen molar-refractivity contribution in [2.24, 2.45) is 0 Å². The number of rotatable bonds is 4. The van der Waals surface area contributed by atoms with Gasteiger partial charge >= 0.3 is 0 Å². The summed E-state index contributed by atoms with van der Waals surface area (Å²) >= 11 is 0. The van der Waals surface area contributed by atoms with Crippen molar-refractivity contribution in [3.8, 4) is 6.07 Å². The molecule has 0 aliphatic carbocycles. The number of nitriles is 1. The van der Waals surface area contributed by atoms with Gasteiger partial charge in [-0.15, -0.1) is 0 Å². The lowest BCUT2D eigenvalue weighted by atomic mass is 10.2. The van der Waals surface area contributed by atoms with E-state index in [4.69, 9.17) is 5.26 Å². The fourth-order valence-corrected chi connectivity index (χ4v) is 2.37. The second-order valence-corrected chi connectivity index (χ2v) is 4.68. The van der Waals surface area contributed by atoms with Crippen LogP contribution in [0.25, 0.3) is 0 Å². The highest BCUT2D eigenvalue weighted by atomic mass is 32.2. The van der Waals surface area contributed by atoms with Gasteiger partial charge in [-0.3, -0.25) is 4.21 Å². The SMILES string of the molecule is CCCS(=O)Cc1cccc(C#N)c1. The van der Waals surface area contributed by atoms with Gasteiger partial charge in [0.25, 0.3) is 0 Å². The molecule has 0 aliphatic heterocycles. The Balaban J connectivity index is 2.68. The number of benzene rings is 1. The summed E-state index contributed by atoms with van der Waals surface area (Å²) in [5.41, 5.74) is 1.62. The summed E-state index contributed by atoms with van der Waals surface area (Å²) in [6.45, 7) is 2.02. The van der Waals surface area contributed by atoms with Crippen molar-refractivity contribution < 1.29 is 4.21 Å². The van der Waals surface area contributed by atoms with E-state index in [1.165, 1.54) is 0 Å². The van der Waals surface area contributed by atoms with Crippen molar-refractivity contribution in [3.63, 3.8) is 0 Å². The zero-order chi connectivity index (χ0) is 10.4. The Morgan fingerprint density at radius 1 is 1.50 bits per heavy atom. The molecule has 1 atom stereocenters. The van der Waals surface area contributed by atoms with Crippen LogP contribution in [0.4, 0.5) is 0 Å². The highest BCUT2D eigenvalue weighted by Crippen LogP contribution is 2.07. The Kier molecular flexibility index (Phi) is 4.34. The van der Waals surface area contributed by atoms with Crippen molar-refractivity contribution in [1.29, 1.82) is 5.26 Å². The summed E-state index contributed by atoms with van der Waals surface area (Å²) in [6, 6.07) is 9.37. The van der Waals surface area contributed by atoms with Crippen LogP contribution < -0.4 is 0 Å². The van der Waals surface area contributed by atoms with Gasteiger partial charge in [-0.05, 0) is 24.1 Å². The van der Waals surface area contributed by atoms with Crippen LogP contribution in [-0.4, -0.2) is 9.96 Å². The summed E-state index contributed by atoms with van der Waals surface area (Å²) in [6.07, 6.45) is 0.935. The second-order valence-electron chi connectivity index (χ2n) is 3.10. The van der Waals surface area contributed by atoms with Crippen LogP contribution in [-0.2, 0) is 16.6 Å². The second kappa shape index (κ2) is 5.56. The zero-order valence-corrected chi connectivity index (χ0v) is 9.01. The zero-order valence-electron chi connectivity index (χ0n) is 8.19. The highest BCUT2D eigenvalue weighted by Gasteiger charge is 2.01. The molecule has 0 aromatic heterocycles. The van der Waals surface area contributed by atoms with Crippen molar-refractivity contribution >= 4 is 10.8 Å². The fraction of sp³-hybridized carbons (Fsp3) is 0.364. The Morgan fingerprint density at radius 2 is 2.29 bits per heavy atom. The van der Waals surface area contributed by atoms with Crippen LogP contribution in [0.15, 0.2) is 24.3 Å². The Morgan fingerprint density at radius 3 is 2.93 bits per heavy atom. The van der Waals surface area contributed by atoms with Gasteiger partial charge in [0, 0.05) is 22.3 Å². The van der Waals surface area contributed by atoms with Crippen LogP contribution in [0, 0.1) is 11.3 Å². The Bertz CT molecular complexity index is 368. The summed E-state index contributed by atoms with van der Waals surface area (Å²) in [7, 11) is -0.791. The van der Waals surface area contributed by atoms with Gasteiger partial charge < -0.3 is 0 Å². The standard InChI is InChI=1S/C11H13NOS/c1-2-6-14(13)9-11-5-3-4-10(7-11)8-12/h3-5,7H,2,6,9H2,1H3. The van der Waals surface area contributed by atoms with E-state index in [0.29, 0.717) is 11.3 Å². The van der Waals surface area contributed by atoms with E-state index in [9.17, 15) is 4.21 Å². The van der Waals surface area contributed by atoms with Crippen LogP contribution in [0.5, 0.6) is 0 Å². The third-order valence-electron chi connectivity index (χ3n) is 1.82. The monoisotopic (exact) mass is 207 g/mol. The van der Waals surface area contributed by atoms with E-state index in [1.807, 2.05) is 19.1 Å². The van der Waals surface area contributed by atoms with Crippen LogP contribution >= 0.6 is 0 Å². The average molecular weight is 207 g/mol. The first kappa shape index (κ1) is 10.9. The molecule has 0 fully saturated rings. The summed E-state index contributed by atoms with van der Waals surface area (Å²) < 4.78 is 11.4. The molecule has 0 spiro atoms. The molecular weight excluding hydrogens is 194 g/mol. The summed E-state index contributed by atoms with van der Waals surface area (Å²) in [5, 5.41) is 8.67. The largest absolute Gasteiger partial charge is 0.259 e. The van der Waals surface area contributed by atoms with Crippen LogP contribution in [0.1, 0.15) is 24.5 Å². The van der Waals surface area contributed by atoms with E-state index in [1.54, 1.807) is 12.1 Å². The summed E-state index contributed by atoms with van der Waals surface area (Å²) in [5.74, 6) is 1.29. The van der Waals surface area contributed by atoms with Gasteiger partial charge in [-0.1, -0.05) is 19.1 Å². The molecular formula is C11H13NOS. The molecule has 0 bridgehead atoms. The summed E-state index contributed by atoms with van der Waals surface area (Å²) in [4.78, 5) is 0. The molecule has 3 heteroatoms. The molecule has 0 heterocycles. The minimum atomic E-state index is -0.791. The molecule has 2 nitrogen and oxygen atoms in total. The van der Waals surface area contributed by atoms with Gasteiger partial charge in [-0.25, -0.2) is 0 Å². The minimum absolute atomic E-state index is 0.559. The van der Waals surface area contributed by atoms with Gasteiger partial charge in [0.2, 0.25) is 0 Å². The normalized spacial score (nSPS) is 12.0. The van der Waals surface area contributed by atoms with E-state index in [2.05, 4.69) is 6.07 Å². The number of hydrogen-bond acceptors (Lipinski definition) is 2. The van der Waals surface area contributed by atoms with E-state index in [0.717, 1.165) is 17.7 Å². The molecule has 0 aliphatic rings. The van der Waals surface area contributed by atoms with Crippen molar-refractivity contribution in [2.45, 2.75) is 19.1 Å². The molecule has 1 unspecified atom stereocenters. The third-order valence-corrected chi connectivity index (χ3v) is 3.33. The molecule has 0 radical (unpaired) electrons. The lowest BCUT2D eigenvalue weighted by Crippen LogP contribution is -1.99. The first-order valence-electron chi connectivity index (χ1n) is 4.60. The molecule has 1 rings (SSSR count). The number of nitrogens with zero attached hydrogens (tertiary/aromatic N) is 1. The predicted octanol–water partition coefficient (Wildman–Crippen LogP) is 2.22. The Hall–Kier alpha value is -1.14. The van der Waals surface area contributed by atoms with Crippen LogP contribution in [0.2, 0.25) is 0 Å². The molecule has 0 amide bonds. The van der Waals surface area contributed by atoms with E-state index >= 15 is 0 Å².